The molecule has 98 valence electrons. The lowest BCUT2D eigenvalue weighted by Gasteiger charge is -1.99. The Bertz CT molecular complexity index is 615. The number of phenolic OH excluding ortho intramolecular Hbond substituents is 1. The Hall–Kier alpha value is -2.55. The summed E-state index contributed by atoms with van der Waals surface area (Å²) in [6.07, 6.45) is 1.81. The summed E-state index contributed by atoms with van der Waals surface area (Å²) < 4.78 is 0. The van der Waals surface area contributed by atoms with E-state index in [1.165, 1.54) is 6.92 Å². The summed E-state index contributed by atoms with van der Waals surface area (Å²) in [5.74, 6) is -0.631. The van der Waals surface area contributed by atoms with Gasteiger partial charge in [0.1, 0.15) is 5.75 Å². The van der Waals surface area contributed by atoms with E-state index in [0.717, 1.165) is 16.3 Å². The van der Waals surface area contributed by atoms with Crippen LogP contribution in [0, 0.1) is 0 Å². The molecule has 0 unspecified atom stereocenters. The lowest BCUT2D eigenvalue weighted by molar-refractivity contribution is -0.132. The predicted molar refractivity (Wildman–Crippen MR) is 78.2 cm³/mol. The molecule has 0 saturated carbocycles. The Labute approximate surface area is 112 Å². The maximum absolute atomic E-state index is 9.60. The normalized spacial score (nSPS) is 9.32. The summed E-state index contributed by atoms with van der Waals surface area (Å²) in [6, 6.07) is 11.3. The van der Waals surface area contributed by atoms with Crippen molar-refractivity contribution in [2.45, 2.75) is 6.92 Å². The molecular weight excluding hydrogens is 240 g/mol. The van der Waals surface area contributed by atoms with Crippen LogP contribution in [0.2, 0.25) is 0 Å². The predicted octanol–water partition coefficient (Wildman–Crippen LogP) is 3.84. The molecule has 0 amide bonds. The highest BCUT2D eigenvalue weighted by molar-refractivity contribution is 5.86. The van der Waals surface area contributed by atoms with E-state index in [0.29, 0.717) is 5.75 Å². The van der Waals surface area contributed by atoms with Gasteiger partial charge in [-0.05, 0) is 41.5 Å². The Kier molecular flexibility index (Phi) is 4.89. The van der Waals surface area contributed by atoms with E-state index in [-0.39, 0.29) is 5.57 Å². The van der Waals surface area contributed by atoms with Crippen LogP contribution < -0.4 is 0 Å². The second-order valence-corrected chi connectivity index (χ2v) is 4.08. The molecule has 2 aromatic carbocycles. The van der Waals surface area contributed by atoms with Gasteiger partial charge in [-0.2, -0.15) is 0 Å². The molecule has 0 fully saturated rings. The van der Waals surface area contributed by atoms with Gasteiger partial charge in [-0.15, -0.1) is 0 Å². The largest absolute Gasteiger partial charge is 0.508 e. The third kappa shape index (κ3) is 4.32. The molecule has 3 heteroatoms. The van der Waals surface area contributed by atoms with Crippen LogP contribution in [0.1, 0.15) is 12.5 Å². The summed E-state index contributed by atoms with van der Waals surface area (Å²) in [5.41, 5.74) is 1.27. The lowest BCUT2D eigenvalue weighted by atomic mass is 10.1. The minimum Gasteiger partial charge on any atom is -0.508 e. The Morgan fingerprint density at radius 3 is 2.21 bits per heavy atom. The minimum atomic E-state index is -0.935. The van der Waals surface area contributed by atoms with Gasteiger partial charge in [0.15, 0.2) is 0 Å². The molecule has 0 bridgehead atoms. The number of benzene rings is 2. The molecule has 0 atom stereocenters. The van der Waals surface area contributed by atoms with Gasteiger partial charge < -0.3 is 10.2 Å². The third-order valence-electron chi connectivity index (χ3n) is 2.45. The van der Waals surface area contributed by atoms with E-state index < -0.39 is 5.97 Å². The van der Waals surface area contributed by atoms with Crippen LogP contribution in [-0.4, -0.2) is 16.2 Å². The second kappa shape index (κ2) is 6.40. The first kappa shape index (κ1) is 14.5. The highest BCUT2D eigenvalue weighted by atomic mass is 16.4. The molecule has 0 aliphatic carbocycles. The Morgan fingerprint density at radius 1 is 1.16 bits per heavy atom. The van der Waals surface area contributed by atoms with E-state index in [4.69, 9.17) is 5.11 Å². The summed E-state index contributed by atoms with van der Waals surface area (Å²) in [5, 5.41) is 19.3. The first-order valence-electron chi connectivity index (χ1n) is 5.68. The van der Waals surface area contributed by atoms with Crippen molar-refractivity contribution in [3.63, 3.8) is 0 Å². The van der Waals surface area contributed by atoms with Crippen LogP contribution in [-0.2, 0) is 4.79 Å². The fraction of sp³-hybridized carbons (Fsp3) is 0.0625. The molecule has 0 aliphatic rings. The van der Waals surface area contributed by atoms with Crippen LogP contribution in [0.5, 0.6) is 5.75 Å². The number of rotatable bonds is 2. The summed E-state index contributed by atoms with van der Waals surface area (Å²) in [4.78, 5) is 9.60. The summed E-state index contributed by atoms with van der Waals surface area (Å²) in [7, 11) is 0. The van der Waals surface area contributed by atoms with Crippen molar-refractivity contribution in [2.75, 3.05) is 0 Å². The fourth-order valence-corrected chi connectivity index (χ4v) is 1.38. The van der Waals surface area contributed by atoms with Crippen LogP contribution in [0.3, 0.4) is 0 Å². The summed E-state index contributed by atoms with van der Waals surface area (Å²) >= 11 is 0. The van der Waals surface area contributed by atoms with E-state index in [1.807, 2.05) is 30.3 Å². The van der Waals surface area contributed by atoms with Gasteiger partial charge >= 0.3 is 5.97 Å². The molecule has 19 heavy (non-hydrogen) atoms. The maximum atomic E-state index is 9.60. The SMILES string of the molecule is C=C(C)C(=O)O.C=Cc1ccc2cc(O)ccc2c1. The van der Waals surface area contributed by atoms with Crippen molar-refractivity contribution >= 4 is 22.8 Å². The van der Waals surface area contributed by atoms with Crippen LogP contribution in [0.25, 0.3) is 16.8 Å². The van der Waals surface area contributed by atoms with Gasteiger partial charge in [0.25, 0.3) is 0 Å². The zero-order valence-electron chi connectivity index (χ0n) is 10.8. The third-order valence-corrected chi connectivity index (χ3v) is 2.45. The Balaban J connectivity index is 0.000000258. The number of aliphatic carboxylic acids is 1. The first-order chi connectivity index (χ1) is 8.93. The number of phenols is 1. The van der Waals surface area contributed by atoms with Gasteiger partial charge in [-0.25, -0.2) is 4.79 Å². The van der Waals surface area contributed by atoms with Crippen molar-refractivity contribution in [3.05, 3.63) is 60.7 Å². The zero-order chi connectivity index (χ0) is 14.4. The number of carboxylic acid groups (broad SMARTS) is 1. The number of fused-ring (bicyclic) bond motifs is 1. The van der Waals surface area contributed by atoms with Crippen molar-refractivity contribution in [1.29, 1.82) is 0 Å². The molecule has 2 N–H and O–H groups in total. The average Bonchev–Trinajstić information content (AvgIpc) is 2.38. The van der Waals surface area contributed by atoms with Crippen molar-refractivity contribution < 1.29 is 15.0 Å². The maximum Gasteiger partial charge on any atom is 0.330 e. The standard InChI is InChI=1S/C12H10O.C4H6O2/c1-2-9-3-4-11-8-12(13)6-5-10(11)7-9;1-3(2)4(5)6/h2-8,13H,1H2;1H2,2H3,(H,5,6). The van der Waals surface area contributed by atoms with E-state index >= 15 is 0 Å². The molecule has 0 saturated heterocycles. The van der Waals surface area contributed by atoms with Crippen LogP contribution in [0.4, 0.5) is 0 Å². The molecular formula is C16H16O3. The zero-order valence-corrected chi connectivity index (χ0v) is 10.8. The van der Waals surface area contributed by atoms with E-state index in [9.17, 15) is 9.90 Å². The smallest absolute Gasteiger partial charge is 0.330 e. The van der Waals surface area contributed by atoms with Gasteiger partial charge in [0, 0.05) is 5.57 Å². The van der Waals surface area contributed by atoms with Gasteiger partial charge in [-0.3, -0.25) is 0 Å². The Morgan fingerprint density at radius 2 is 1.68 bits per heavy atom. The number of carboxylic acids is 1. The highest BCUT2D eigenvalue weighted by Crippen LogP contribution is 2.21. The van der Waals surface area contributed by atoms with Gasteiger partial charge in [0.2, 0.25) is 0 Å². The van der Waals surface area contributed by atoms with E-state index in [1.54, 1.807) is 12.1 Å². The average molecular weight is 256 g/mol. The molecule has 0 aromatic heterocycles. The van der Waals surface area contributed by atoms with Crippen molar-refractivity contribution in [3.8, 4) is 5.75 Å². The van der Waals surface area contributed by atoms with Crippen LogP contribution in [0.15, 0.2) is 55.1 Å². The lowest BCUT2D eigenvalue weighted by Crippen LogP contribution is -1.92. The molecule has 0 heterocycles. The number of hydrogen-bond donors (Lipinski definition) is 2. The molecule has 0 radical (unpaired) electrons. The number of aromatic hydroxyl groups is 1. The van der Waals surface area contributed by atoms with Gasteiger partial charge in [0.05, 0.1) is 0 Å². The number of hydrogen-bond acceptors (Lipinski definition) is 2. The highest BCUT2D eigenvalue weighted by Gasteiger charge is 1.95. The molecule has 0 aliphatic heterocycles. The van der Waals surface area contributed by atoms with Crippen molar-refractivity contribution in [1.82, 2.24) is 0 Å². The first-order valence-corrected chi connectivity index (χ1v) is 5.68. The summed E-state index contributed by atoms with van der Waals surface area (Å²) in [6.45, 7) is 8.31. The molecule has 2 rings (SSSR count). The number of carbonyl (C=O) groups is 1. The molecule has 0 spiro atoms. The van der Waals surface area contributed by atoms with Gasteiger partial charge in [-0.1, -0.05) is 37.4 Å². The minimum absolute atomic E-state index is 0.176. The monoisotopic (exact) mass is 256 g/mol. The topological polar surface area (TPSA) is 57.5 Å². The molecule has 3 nitrogen and oxygen atoms in total. The fourth-order valence-electron chi connectivity index (χ4n) is 1.38. The molecule has 2 aromatic rings. The van der Waals surface area contributed by atoms with Crippen molar-refractivity contribution in [2.24, 2.45) is 0 Å². The second-order valence-electron chi connectivity index (χ2n) is 4.08. The van der Waals surface area contributed by atoms with E-state index in [2.05, 4.69) is 13.2 Å². The van der Waals surface area contributed by atoms with Crippen LogP contribution >= 0.6 is 0 Å². The quantitative estimate of drug-likeness (QED) is 0.803.